The molecule has 3 nitrogen and oxygen atoms in total. The van der Waals surface area contributed by atoms with Crippen LogP contribution in [0.5, 0.6) is 5.75 Å². The Morgan fingerprint density at radius 3 is 2.68 bits per heavy atom. The molecule has 1 amide bonds. The Labute approximate surface area is 118 Å². The number of carbonyl (C=O) groups excluding carboxylic acids is 1. The van der Waals surface area contributed by atoms with Crippen LogP contribution >= 0.6 is 12.6 Å². The Bertz CT molecular complexity index is 611. The average molecular weight is 273 g/mol. The van der Waals surface area contributed by atoms with Crippen molar-refractivity contribution in [3.05, 3.63) is 53.6 Å². The minimum atomic E-state index is -0.181. The molecule has 0 fully saturated rings. The molecule has 4 heteroatoms. The standard InChI is InChI=1S/C15H15NO2S/c1-10-6-7-14(18-2)13(8-10)16-15(17)11-4-3-5-12(19)9-11/h3-9,19H,1-2H3,(H,16,17). The zero-order chi connectivity index (χ0) is 13.8. The van der Waals surface area contributed by atoms with Crippen LogP contribution in [-0.4, -0.2) is 13.0 Å². The molecule has 0 aliphatic carbocycles. The van der Waals surface area contributed by atoms with Gasteiger partial charge >= 0.3 is 0 Å². The van der Waals surface area contributed by atoms with Crippen molar-refractivity contribution in [3.63, 3.8) is 0 Å². The third-order valence-electron chi connectivity index (χ3n) is 2.71. The molecule has 2 aromatic rings. The Morgan fingerprint density at radius 1 is 1.21 bits per heavy atom. The van der Waals surface area contributed by atoms with E-state index in [0.717, 1.165) is 10.5 Å². The number of aryl methyl sites for hydroxylation is 1. The normalized spacial score (nSPS) is 10.1. The third kappa shape index (κ3) is 3.29. The van der Waals surface area contributed by atoms with E-state index in [1.807, 2.05) is 31.2 Å². The van der Waals surface area contributed by atoms with Gasteiger partial charge < -0.3 is 10.1 Å². The van der Waals surface area contributed by atoms with E-state index in [0.29, 0.717) is 17.0 Å². The Kier molecular flexibility index (Phi) is 4.12. The molecule has 0 bridgehead atoms. The van der Waals surface area contributed by atoms with Gasteiger partial charge in [-0.3, -0.25) is 4.79 Å². The number of hydrogen-bond acceptors (Lipinski definition) is 3. The van der Waals surface area contributed by atoms with Crippen LogP contribution in [0.15, 0.2) is 47.4 Å². The molecule has 0 unspecified atom stereocenters. The van der Waals surface area contributed by atoms with E-state index in [9.17, 15) is 4.79 Å². The quantitative estimate of drug-likeness (QED) is 0.839. The summed E-state index contributed by atoms with van der Waals surface area (Å²) in [4.78, 5) is 12.9. The molecule has 2 aromatic carbocycles. The molecule has 0 aliphatic heterocycles. The van der Waals surface area contributed by atoms with Crippen molar-refractivity contribution in [1.82, 2.24) is 0 Å². The first-order valence-corrected chi connectivity index (χ1v) is 6.30. The lowest BCUT2D eigenvalue weighted by Gasteiger charge is -2.11. The predicted molar refractivity (Wildman–Crippen MR) is 79.4 cm³/mol. The van der Waals surface area contributed by atoms with E-state index < -0.39 is 0 Å². The number of rotatable bonds is 3. The fraction of sp³-hybridized carbons (Fsp3) is 0.133. The third-order valence-corrected chi connectivity index (χ3v) is 2.99. The lowest BCUT2D eigenvalue weighted by atomic mass is 10.1. The van der Waals surface area contributed by atoms with Crippen LogP contribution < -0.4 is 10.1 Å². The molecule has 1 N–H and O–H groups in total. The van der Waals surface area contributed by atoms with E-state index in [1.54, 1.807) is 25.3 Å². The van der Waals surface area contributed by atoms with Gasteiger partial charge in [0.25, 0.3) is 5.91 Å². The van der Waals surface area contributed by atoms with Crippen molar-refractivity contribution in [3.8, 4) is 5.75 Å². The van der Waals surface area contributed by atoms with Crippen LogP contribution in [0.2, 0.25) is 0 Å². The van der Waals surface area contributed by atoms with E-state index in [2.05, 4.69) is 17.9 Å². The number of methoxy groups -OCH3 is 1. The Morgan fingerprint density at radius 2 is 2.00 bits per heavy atom. The number of carbonyl (C=O) groups is 1. The summed E-state index contributed by atoms with van der Waals surface area (Å²) >= 11 is 4.23. The second-order valence-electron chi connectivity index (χ2n) is 4.21. The van der Waals surface area contributed by atoms with E-state index in [-0.39, 0.29) is 5.91 Å². The molecule has 0 atom stereocenters. The number of benzene rings is 2. The number of ether oxygens (including phenoxy) is 1. The molecule has 0 aliphatic rings. The van der Waals surface area contributed by atoms with Gasteiger partial charge in [0.15, 0.2) is 0 Å². The van der Waals surface area contributed by atoms with Crippen LogP contribution in [0.25, 0.3) is 0 Å². The number of thiol groups is 1. The number of anilines is 1. The minimum absolute atomic E-state index is 0.181. The maximum atomic E-state index is 12.1. The number of amides is 1. The van der Waals surface area contributed by atoms with Crippen LogP contribution in [0.1, 0.15) is 15.9 Å². The van der Waals surface area contributed by atoms with E-state index in [4.69, 9.17) is 4.74 Å². The van der Waals surface area contributed by atoms with Crippen molar-refractivity contribution in [2.75, 3.05) is 12.4 Å². The summed E-state index contributed by atoms with van der Waals surface area (Å²) in [5.74, 6) is 0.459. The van der Waals surface area contributed by atoms with E-state index >= 15 is 0 Å². The zero-order valence-corrected chi connectivity index (χ0v) is 11.7. The first-order valence-electron chi connectivity index (χ1n) is 5.85. The van der Waals surface area contributed by atoms with Gasteiger partial charge in [-0.2, -0.15) is 0 Å². The van der Waals surface area contributed by atoms with Gasteiger partial charge in [0.1, 0.15) is 5.75 Å². The summed E-state index contributed by atoms with van der Waals surface area (Å²) in [6.45, 7) is 1.96. The van der Waals surface area contributed by atoms with Crippen LogP contribution in [0.3, 0.4) is 0 Å². The van der Waals surface area contributed by atoms with Gasteiger partial charge in [0.2, 0.25) is 0 Å². The van der Waals surface area contributed by atoms with Gasteiger partial charge in [0, 0.05) is 10.5 Å². The molecule has 0 spiro atoms. The second kappa shape index (κ2) is 5.80. The van der Waals surface area contributed by atoms with Gasteiger partial charge in [-0.25, -0.2) is 0 Å². The molecule has 0 radical (unpaired) electrons. The maximum absolute atomic E-state index is 12.1. The van der Waals surface area contributed by atoms with Crippen LogP contribution in [0, 0.1) is 6.92 Å². The highest BCUT2D eigenvalue weighted by molar-refractivity contribution is 7.80. The topological polar surface area (TPSA) is 38.3 Å². The smallest absolute Gasteiger partial charge is 0.255 e. The Hall–Kier alpha value is -1.94. The monoisotopic (exact) mass is 273 g/mol. The summed E-state index contributed by atoms with van der Waals surface area (Å²) in [5.41, 5.74) is 2.28. The molecule has 98 valence electrons. The summed E-state index contributed by atoms with van der Waals surface area (Å²) in [6, 6.07) is 12.7. The maximum Gasteiger partial charge on any atom is 0.255 e. The van der Waals surface area contributed by atoms with Crippen LogP contribution in [-0.2, 0) is 0 Å². The Balaban J connectivity index is 2.26. The summed E-state index contributed by atoms with van der Waals surface area (Å²) in [6.07, 6.45) is 0. The second-order valence-corrected chi connectivity index (χ2v) is 4.72. The summed E-state index contributed by atoms with van der Waals surface area (Å²) in [7, 11) is 1.58. The van der Waals surface area contributed by atoms with Crippen molar-refractivity contribution in [2.45, 2.75) is 11.8 Å². The van der Waals surface area contributed by atoms with Crippen molar-refractivity contribution >= 4 is 24.2 Å². The zero-order valence-electron chi connectivity index (χ0n) is 10.8. The highest BCUT2D eigenvalue weighted by Gasteiger charge is 2.10. The molecule has 0 aromatic heterocycles. The molecule has 2 rings (SSSR count). The highest BCUT2D eigenvalue weighted by Crippen LogP contribution is 2.25. The number of nitrogens with one attached hydrogen (secondary N) is 1. The SMILES string of the molecule is COc1ccc(C)cc1NC(=O)c1cccc(S)c1. The largest absolute Gasteiger partial charge is 0.495 e. The fourth-order valence-electron chi connectivity index (χ4n) is 1.76. The van der Waals surface area contributed by atoms with Gasteiger partial charge in [-0.05, 0) is 42.8 Å². The minimum Gasteiger partial charge on any atom is -0.495 e. The lowest BCUT2D eigenvalue weighted by Crippen LogP contribution is -2.12. The van der Waals surface area contributed by atoms with Crippen molar-refractivity contribution in [2.24, 2.45) is 0 Å². The van der Waals surface area contributed by atoms with Crippen molar-refractivity contribution in [1.29, 1.82) is 0 Å². The lowest BCUT2D eigenvalue weighted by molar-refractivity contribution is 0.102. The molecule has 0 saturated heterocycles. The van der Waals surface area contributed by atoms with E-state index in [1.165, 1.54) is 0 Å². The van der Waals surface area contributed by atoms with Gasteiger partial charge in [-0.1, -0.05) is 12.1 Å². The molecule has 0 saturated carbocycles. The average Bonchev–Trinajstić information content (AvgIpc) is 2.39. The van der Waals surface area contributed by atoms with Gasteiger partial charge in [0.05, 0.1) is 12.8 Å². The fourth-order valence-corrected chi connectivity index (χ4v) is 1.99. The molecule has 19 heavy (non-hydrogen) atoms. The highest BCUT2D eigenvalue weighted by atomic mass is 32.1. The predicted octanol–water partition coefficient (Wildman–Crippen LogP) is 3.54. The summed E-state index contributed by atoms with van der Waals surface area (Å²) in [5, 5.41) is 2.85. The number of hydrogen-bond donors (Lipinski definition) is 2. The van der Waals surface area contributed by atoms with Gasteiger partial charge in [-0.15, -0.1) is 12.6 Å². The molecule has 0 heterocycles. The van der Waals surface area contributed by atoms with Crippen molar-refractivity contribution < 1.29 is 9.53 Å². The molecular weight excluding hydrogens is 258 g/mol. The first kappa shape index (κ1) is 13.5. The summed E-state index contributed by atoms with van der Waals surface area (Å²) < 4.78 is 5.23. The first-order chi connectivity index (χ1) is 9.10. The van der Waals surface area contributed by atoms with Crippen LogP contribution in [0.4, 0.5) is 5.69 Å². The molecular formula is C15H15NO2S.